The number of halogens is 2. The molecule has 2 aliphatic rings. The van der Waals surface area contributed by atoms with Gasteiger partial charge in [-0.15, -0.1) is 12.4 Å². The summed E-state index contributed by atoms with van der Waals surface area (Å²) >= 11 is 3.29. The van der Waals surface area contributed by atoms with Crippen molar-refractivity contribution in [1.82, 2.24) is 5.32 Å². The second kappa shape index (κ2) is 8.83. The third-order valence-corrected chi connectivity index (χ3v) is 5.23. The summed E-state index contributed by atoms with van der Waals surface area (Å²) in [6, 6.07) is 14.5. The molecule has 4 rings (SSSR count). The maximum atomic E-state index is 13.0. The van der Waals surface area contributed by atoms with Crippen LogP contribution in [0.4, 0.5) is 16.2 Å². The number of barbiturate groups is 1. The Morgan fingerprint density at radius 3 is 2.26 bits per heavy atom. The van der Waals surface area contributed by atoms with Gasteiger partial charge in [0.25, 0.3) is 17.7 Å². The normalized spacial score (nSPS) is 20.0. The van der Waals surface area contributed by atoms with Crippen LogP contribution in [-0.4, -0.2) is 29.5 Å². The first-order valence-electron chi connectivity index (χ1n) is 8.98. The van der Waals surface area contributed by atoms with Crippen molar-refractivity contribution in [3.05, 3.63) is 70.7 Å². The Balaban J connectivity index is 0.00000272. The van der Waals surface area contributed by atoms with E-state index >= 15 is 0 Å². The van der Waals surface area contributed by atoms with Crippen LogP contribution in [-0.2, 0) is 14.4 Å². The van der Waals surface area contributed by atoms with Gasteiger partial charge in [0.05, 0.1) is 23.0 Å². The molecule has 1 fully saturated rings. The Hall–Kier alpha value is -3.30. The zero-order chi connectivity index (χ0) is 21.4. The molecule has 0 saturated carbocycles. The van der Waals surface area contributed by atoms with Crippen LogP contribution in [0.2, 0.25) is 0 Å². The number of imide groups is 2. The molecule has 0 aliphatic carbocycles. The number of nitrogens with zero attached hydrogens (tertiary/aromatic N) is 3. The highest BCUT2D eigenvalue weighted by molar-refractivity contribution is 9.10. The highest BCUT2D eigenvalue weighted by Crippen LogP contribution is 2.27. The van der Waals surface area contributed by atoms with Gasteiger partial charge < -0.3 is 0 Å². The first-order valence-corrected chi connectivity index (χ1v) is 9.77. The van der Waals surface area contributed by atoms with E-state index in [9.17, 15) is 19.2 Å². The maximum absolute atomic E-state index is 13.0. The number of amides is 5. The van der Waals surface area contributed by atoms with Crippen molar-refractivity contribution in [3.63, 3.8) is 0 Å². The second-order valence-electron chi connectivity index (χ2n) is 6.66. The lowest BCUT2D eigenvalue weighted by Crippen LogP contribution is -2.54. The van der Waals surface area contributed by atoms with E-state index in [1.165, 1.54) is 11.1 Å². The average molecular weight is 504 g/mol. The van der Waals surface area contributed by atoms with Gasteiger partial charge in [-0.3, -0.25) is 19.7 Å². The van der Waals surface area contributed by atoms with Crippen LogP contribution in [0.1, 0.15) is 6.92 Å². The van der Waals surface area contributed by atoms with Gasteiger partial charge in [-0.05, 0) is 49.4 Å². The Bertz CT molecular complexity index is 1130. The van der Waals surface area contributed by atoms with E-state index in [0.29, 0.717) is 17.1 Å². The van der Waals surface area contributed by atoms with Gasteiger partial charge >= 0.3 is 6.03 Å². The lowest BCUT2D eigenvalue weighted by molar-refractivity contribution is -0.122. The summed E-state index contributed by atoms with van der Waals surface area (Å²) in [6.07, 6.45) is 1.26. The van der Waals surface area contributed by atoms with Gasteiger partial charge in [0.15, 0.2) is 0 Å². The van der Waals surface area contributed by atoms with Gasteiger partial charge in [0.1, 0.15) is 5.57 Å². The van der Waals surface area contributed by atoms with Crippen molar-refractivity contribution in [3.8, 4) is 0 Å². The Kier molecular flexibility index (Phi) is 6.37. The molecule has 0 radical (unpaired) electrons. The monoisotopic (exact) mass is 502 g/mol. The van der Waals surface area contributed by atoms with Gasteiger partial charge in [-0.1, -0.05) is 34.1 Å². The molecule has 158 valence electrons. The number of rotatable bonds is 3. The van der Waals surface area contributed by atoms with E-state index in [-0.39, 0.29) is 23.9 Å². The van der Waals surface area contributed by atoms with Crippen LogP contribution in [0, 0.1) is 5.92 Å². The molecule has 2 aliphatic heterocycles. The number of nitrogens with one attached hydrogen (secondary N) is 1. The van der Waals surface area contributed by atoms with E-state index in [1.807, 2.05) is 6.07 Å². The Morgan fingerprint density at radius 2 is 1.61 bits per heavy atom. The summed E-state index contributed by atoms with van der Waals surface area (Å²) in [4.78, 5) is 51.4. The molecule has 1 saturated heterocycles. The Labute approximate surface area is 192 Å². The highest BCUT2D eigenvalue weighted by Gasteiger charge is 2.40. The smallest absolute Gasteiger partial charge is 0.273 e. The summed E-state index contributed by atoms with van der Waals surface area (Å²) in [5.74, 6) is -2.93. The standard InChI is InChI=1S/C21H15BrN4O4.ClH/c1-12-16(20(29)26(24-12)15-5-3-2-4-6-15)11-17-18(27)23-21(30)25(19(17)28)14-9-7-13(22)8-10-14;/h2-11,16H,1H3,(H,23,27,30);1H. The van der Waals surface area contributed by atoms with Gasteiger partial charge in [0, 0.05) is 4.47 Å². The number of carbonyl (C=O) groups is 4. The van der Waals surface area contributed by atoms with E-state index in [4.69, 9.17) is 0 Å². The predicted octanol–water partition coefficient (Wildman–Crippen LogP) is 3.42. The number of hydrazone groups is 1. The van der Waals surface area contributed by atoms with E-state index in [2.05, 4.69) is 26.3 Å². The average Bonchev–Trinajstić information content (AvgIpc) is 3.01. The van der Waals surface area contributed by atoms with Crippen LogP contribution in [0.3, 0.4) is 0 Å². The third-order valence-electron chi connectivity index (χ3n) is 4.70. The summed E-state index contributed by atoms with van der Waals surface area (Å²) in [5, 5.41) is 7.65. The minimum atomic E-state index is -0.894. The van der Waals surface area contributed by atoms with Gasteiger partial charge in [0.2, 0.25) is 0 Å². The first-order chi connectivity index (χ1) is 14.4. The Morgan fingerprint density at radius 1 is 0.968 bits per heavy atom. The molecule has 8 nitrogen and oxygen atoms in total. The molecule has 0 spiro atoms. The van der Waals surface area contributed by atoms with E-state index < -0.39 is 23.8 Å². The number of para-hydroxylation sites is 1. The highest BCUT2D eigenvalue weighted by atomic mass is 79.9. The SMILES string of the molecule is CC1=NN(c2ccccc2)C(=O)C1C=C1C(=O)NC(=O)N(c2ccc(Br)cc2)C1=O.Cl. The summed E-state index contributed by atoms with van der Waals surface area (Å²) in [6.45, 7) is 1.64. The molecule has 5 amide bonds. The fraction of sp³-hybridized carbons (Fsp3) is 0.0952. The van der Waals surface area contributed by atoms with Crippen molar-refractivity contribution in [2.45, 2.75) is 6.92 Å². The van der Waals surface area contributed by atoms with Gasteiger partial charge in [-0.25, -0.2) is 9.69 Å². The molecule has 1 unspecified atom stereocenters. The molecule has 10 heteroatoms. The summed E-state index contributed by atoms with van der Waals surface area (Å²) in [7, 11) is 0. The fourth-order valence-corrected chi connectivity index (χ4v) is 3.46. The van der Waals surface area contributed by atoms with Crippen molar-refractivity contribution in [2.24, 2.45) is 11.0 Å². The minimum Gasteiger partial charge on any atom is -0.273 e. The molecule has 0 bridgehead atoms. The maximum Gasteiger partial charge on any atom is 0.335 e. The van der Waals surface area contributed by atoms with Crippen molar-refractivity contribution in [2.75, 3.05) is 9.91 Å². The predicted molar refractivity (Wildman–Crippen MR) is 121 cm³/mol. The number of anilines is 2. The topological polar surface area (TPSA) is 99.2 Å². The van der Waals surface area contributed by atoms with Crippen LogP contribution in [0.5, 0.6) is 0 Å². The fourth-order valence-electron chi connectivity index (χ4n) is 3.19. The van der Waals surface area contributed by atoms with Crippen LogP contribution < -0.4 is 15.2 Å². The lowest BCUT2D eigenvalue weighted by Gasteiger charge is -2.26. The van der Waals surface area contributed by atoms with Gasteiger partial charge in [-0.2, -0.15) is 10.1 Å². The van der Waals surface area contributed by atoms with Crippen molar-refractivity contribution >= 4 is 69.2 Å². The molecule has 2 aromatic rings. The number of carbonyl (C=O) groups excluding carboxylic acids is 4. The quantitative estimate of drug-likeness (QED) is 0.512. The molecular weight excluding hydrogens is 488 g/mol. The molecule has 1 N–H and O–H groups in total. The second-order valence-corrected chi connectivity index (χ2v) is 7.58. The number of hydrogen-bond donors (Lipinski definition) is 1. The summed E-state index contributed by atoms with van der Waals surface area (Å²) < 4.78 is 0.771. The molecule has 1 atom stereocenters. The van der Waals surface area contributed by atoms with Crippen LogP contribution in [0.25, 0.3) is 0 Å². The molecule has 2 heterocycles. The van der Waals surface area contributed by atoms with Crippen LogP contribution in [0.15, 0.2) is 75.8 Å². The van der Waals surface area contributed by atoms with Crippen LogP contribution >= 0.6 is 28.3 Å². The number of urea groups is 1. The molecule has 31 heavy (non-hydrogen) atoms. The zero-order valence-electron chi connectivity index (χ0n) is 16.1. The summed E-state index contributed by atoms with van der Waals surface area (Å²) in [5.41, 5.74) is 1.02. The van der Waals surface area contributed by atoms with E-state index in [1.54, 1.807) is 55.5 Å². The molecule has 0 aromatic heterocycles. The zero-order valence-corrected chi connectivity index (χ0v) is 18.5. The molecule has 2 aromatic carbocycles. The van der Waals surface area contributed by atoms with Crippen molar-refractivity contribution in [1.29, 1.82) is 0 Å². The third kappa shape index (κ3) is 4.14. The first kappa shape index (κ1) is 22.4. The largest absolute Gasteiger partial charge is 0.335 e. The number of benzene rings is 2. The lowest BCUT2D eigenvalue weighted by atomic mass is 9.98. The molecular formula is C21H16BrClN4O4. The van der Waals surface area contributed by atoms with Crippen molar-refractivity contribution < 1.29 is 19.2 Å². The number of hydrogen-bond acceptors (Lipinski definition) is 5. The minimum absolute atomic E-state index is 0. The van der Waals surface area contributed by atoms with E-state index in [0.717, 1.165) is 9.37 Å².